The molecule has 3 heterocycles. The van der Waals surface area contributed by atoms with Crippen molar-refractivity contribution >= 4 is 28.4 Å². The molecule has 4 aromatic rings. The van der Waals surface area contributed by atoms with Crippen LogP contribution in [-0.4, -0.2) is 32.6 Å². The maximum Gasteiger partial charge on any atom is 0.251 e. The van der Waals surface area contributed by atoms with E-state index in [9.17, 15) is 4.79 Å². The van der Waals surface area contributed by atoms with Crippen molar-refractivity contribution in [2.75, 3.05) is 12.8 Å². The van der Waals surface area contributed by atoms with Gasteiger partial charge in [0, 0.05) is 23.4 Å². The standard InChI is InChI=1S/C21H18N6O2/c1-29-16-7-3-6-12-17(16)24-21(22)27-19(12)25-18(26-27)14-8-13(14)10-4-2-5-11-15(10)9-23-20(11)28/h2-7,13-14H,8-9H2,1H3,(H2,22,24)(H,23,28). The molecule has 2 aliphatic rings. The van der Waals surface area contributed by atoms with E-state index in [1.807, 2.05) is 30.3 Å². The lowest BCUT2D eigenvalue weighted by molar-refractivity contribution is 0.0965. The highest BCUT2D eigenvalue weighted by atomic mass is 16.5. The van der Waals surface area contributed by atoms with Crippen molar-refractivity contribution in [1.29, 1.82) is 0 Å². The Morgan fingerprint density at radius 3 is 2.90 bits per heavy atom. The van der Waals surface area contributed by atoms with E-state index in [1.165, 1.54) is 5.56 Å². The molecule has 0 saturated heterocycles. The Morgan fingerprint density at radius 2 is 2.03 bits per heavy atom. The topological polar surface area (TPSA) is 107 Å². The summed E-state index contributed by atoms with van der Waals surface area (Å²) in [5.41, 5.74) is 10.6. The molecular formula is C21H18N6O2. The fraction of sp³-hybridized carbons (Fsp3) is 0.238. The molecule has 29 heavy (non-hydrogen) atoms. The molecule has 1 aliphatic heterocycles. The lowest BCUT2D eigenvalue weighted by atomic mass is 9.98. The Morgan fingerprint density at radius 1 is 1.17 bits per heavy atom. The van der Waals surface area contributed by atoms with E-state index >= 15 is 0 Å². The second-order valence-electron chi connectivity index (χ2n) is 7.54. The summed E-state index contributed by atoms with van der Waals surface area (Å²) < 4.78 is 7.02. The Balaban J connectivity index is 1.44. The van der Waals surface area contributed by atoms with Gasteiger partial charge >= 0.3 is 0 Å². The highest BCUT2D eigenvalue weighted by molar-refractivity contribution is 5.99. The van der Waals surface area contributed by atoms with Gasteiger partial charge in [-0.3, -0.25) is 4.79 Å². The van der Waals surface area contributed by atoms with Crippen molar-refractivity contribution in [3.63, 3.8) is 0 Å². The Bertz CT molecular complexity index is 1330. The van der Waals surface area contributed by atoms with Crippen LogP contribution in [-0.2, 0) is 6.54 Å². The number of aromatic nitrogens is 4. The molecular weight excluding hydrogens is 368 g/mol. The number of methoxy groups -OCH3 is 1. The summed E-state index contributed by atoms with van der Waals surface area (Å²) in [5, 5.41) is 8.42. The Labute approximate surface area is 165 Å². The number of rotatable bonds is 3. The number of carbonyl (C=O) groups excluding carboxylic acids is 1. The van der Waals surface area contributed by atoms with Crippen molar-refractivity contribution in [3.8, 4) is 5.75 Å². The van der Waals surface area contributed by atoms with Gasteiger partial charge in [-0.25, -0.2) is 9.97 Å². The lowest BCUT2D eigenvalue weighted by Crippen LogP contribution is -2.12. The van der Waals surface area contributed by atoms with Gasteiger partial charge in [0.15, 0.2) is 11.5 Å². The summed E-state index contributed by atoms with van der Waals surface area (Å²) in [6.45, 7) is 0.591. The van der Waals surface area contributed by atoms with Crippen LogP contribution in [0.25, 0.3) is 16.6 Å². The second kappa shape index (κ2) is 5.66. The average Bonchev–Trinajstić information content (AvgIpc) is 3.24. The first-order valence-corrected chi connectivity index (χ1v) is 9.54. The van der Waals surface area contributed by atoms with Gasteiger partial charge in [0.1, 0.15) is 11.3 Å². The number of nitrogens with two attached hydrogens (primary N) is 1. The van der Waals surface area contributed by atoms with Crippen LogP contribution in [0.3, 0.4) is 0 Å². The summed E-state index contributed by atoms with van der Waals surface area (Å²) in [4.78, 5) is 21.3. The largest absolute Gasteiger partial charge is 0.494 e. The van der Waals surface area contributed by atoms with Crippen molar-refractivity contribution in [1.82, 2.24) is 24.9 Å². The van der Waals surface area contributed by atoms with Gasteiger partial charge in [-0.05, 0) is 41.7 Å². The van der Waals surface area contributed by atoms with Crippen molar-refractivity contribution in [2.24, 2.45) is 0 Å². The highest BCUT2D eigenvalue weighted by Crippen LogP contribution is 2.55. The van der Waals surface area contributed by atoms with E-state index in [0.29, 0.717) is 29.4 Å². The predicted molar refractivity (Wildman–Crippen MR) is 107 cm³/mol. The second-order valence-corrected chi connectivity index (χ2v) is 7.54. The van der Waals surface area contributed by atoms with Crippen molar-refractivity contribution in [3.05, 3.63) is 58.9 Å². The van der Waals surface area contributed by atoms with Gasteiger partial charge in [-0.15, -0.1) is 5.10 Å². The highest BCUT2D eigenvalue weighted by Gasteiger charge is 2.44. The molecule has 1 fully saturated rings. The van der Waals surface area contributed by atoms with Crippen LogP contribution in [0.4, 0.5) is 5.95 Å². The molecule has 2 aromatic heterocycles. The first kappa shape index (κ1) is 16.3. The molecule has 6 rings (SSSR count). The summed E-state index contributed by atoms with van der Waals surface area (Å²) >= 11 is 0. The average molecular weight is 386 g/mol. The van der Waals surface area contributed by atoms with E-state index in [-0.39, 0.29) is 17.8 Å². The molecule has 144 valence electrons. The van der Waals surface area contributed by atoms with Crippen LogP contribution in [0.15, 0.2) is 36.4 Å². The minimum absolute atomic E-state index is 0.00386. The number of fused-ring (bicyclic) bond motifs is 4. The molecule has 0 spiro atoms. The van der Waals surface area contributed by atoms with Crippen LogP contribution in [0.2, 0.25) is 0 Å². The number of nitrogen functional groups attached to an aromatic ring is 1. The molecule has 8 nitrogen and oxygen atoms in total. The van der Waals surface area contributed by atoms with Gasteiger partial charge < -0.3 is 15.8 Å². The fourth-order valence-electron chi connectivity index (χ4n) is 4.41. The minimum atomic E-state index is 0.00386. The van der Waals surface area contributed by atoms with Crippen LogP contribution in [0, 0.1) is 0 Å². The smallest absolute Gasteiger partial charge is 0.251 e. The summed E-state index contributed by atoms with van der Waals surface area (Å²) in [6, 6.07) is 11.6. The molecule has 3 N–H and O–H groups in total. The van der Waals surface area contributed by atoms with E-state index in [1.54, 1.807) is 11.6 Å². The molecule has 2 atom stereocenters. The zero-order chi connectivity index (χ0) is 19.7. The van der Waals surface area contributed by atoms with Crippen LogP contribution in [0.5, 0.6) is 5.75 Å². The number of anilines is 1. The van der Waals surface area contributed by atoms with Crippen molar-refractivity contribution < 1.29 is 9.53 Å². The van der Waals surface area contributed by atoms with E-state index in [0.717, 1.165) is 28.8 Å². The number of carbonyl (C=O) groups is 1. The van der Waals surface area contributed by atoms with E-state index < -0.39 is 0 Å². The first-order chi connectivity index (χ1) is 14.2. The van der Waals surface area contributed by atoms with Gasteiger partial charge in [-0.1, -0.05) is 18.2 Å². The normalized spacial score (nSPS) is 20.1. The van der Waals surface area contributed by atoms with Crippen molar-refractivity contribution in [2.45, 2.75) is 24.8 Å². The Kier molecular flexibility index (Phi) is 3.18. The van der Waals surface area contributed by atoms with Crippen LogP contribution in [0.1, 0.15) is 45.6 Å². The molecule has 8 heteroatoms. The molecule has 2 unspecified atom stereocenters. The number of amides is 1. The van der Waals surface area contributed by atoms with Crippen LogP contribution >= 0.6 is 0 Å². The predicted octanol–water partition coefficient (Wildman–Crippen LogP) is 2.38. The molecule has 0 radical (unpaired) electrons. The third-order valence-electron chi connectivity index (χ3n) is 5.93. The van der Waals surface area contributed by atoms with E-state index in [4.69, 9.17) is 15.5 Å². The SMILES string of the molecule is COc1cccc2c1nc(N)n1nc(C3CC3c3cccc4c3CNC4=O)nc21. The maximum atomic E-state index is 12.0. The summed E-state index contributed by atoms with van der Waals surface area (Å²) in [5.74, 6) is 2.21. The third-order valence-corrected chi connectivity index (χ3v) is 5.93. The number of ether oxygens (including phenoxy) is 1. The van der Waals surface area contributed by atoms with Gasteiger partial charge in [0.25, 0.3) is 5.91 Å². The van der Waals surface area contributed by atoms with E-state index in [2.05, 4.69) is 21.5 Å². The maximum absolute atomic E-state index is 12.0. The minimum Gasteiger partial charge on any atom is -0.494 e. The number of hydrogen-bond donors (Lipinski definition) is 2. The first-order valence-electron chi connectivity index (χ1n) is 9.54. The quantitative estimate of drug-likeness (QED) is 0.560. The number of nitrogens with zero attached hydrogens (tertiary/aromatic N) is 4. The van der Waals surface area contributed by atoms with Gasteiger partial charge in [0.2, 0.25) is 5.95 Å². The molecule has 1 amide bonds. The third kappa shape index (κ3) is 2.25. The van der Waals surface area contributed by atoms with Gasteiger partial charge in [-0.2, -0.15) is 4.52 Å². The van der Waals surface area contributed by atoms with Crippen LogP contribution < -0.4 is 15.8 Å². The molecule has 1 aliphatic carbocycles. The fourth-order valence-corrected chi connectivity index (χ4v) is 4.41. The summed E-state index contributed by atoms with van der Waals surface area (Å²) in [7, 11) is 1.61. The molecule has 2 aromatic carbocycles. The molecule has 1 saturated carbocycles. The summed E-state index contributed by atoms with van der Waals surface area (Å²) in [6.07, 6.45) is 0.954. The zero-order valence-electron chi connectivity index (χ0n) is 15.7. The lowest BCUT2D eigenvalue weighted by Gasteiger charge is -2.06. The monoisotopic (exact) mass is 386 g/mol. The Hall–Kier alpha value is -3.68. The zero-order valence-corrected chi connectivity index (χ0v) is 15.7. The number of para-hydroxylation sites is 1. The number of benzene rings is 2. The number of nitrogens with one attached hydrogen (secondary N) is 1. The van der Waals surface area contributed by atoms with Gasteiger partial charge in [0.05, 0.1) is 7.11 Å². The number of hydrogen-bond acceptors (Lipinski definition) is 6. The molecule has 0 bridgehead atoms.